The SMILES string of the molecule is COC(=O)C1CN(c2ncccc2S(C)(=O)=O)CCO1. The monoisotopic (exact) mass is 300 g/mol. The normalized spacial score (nSPS) is 19.7. The first-order valence-electron chi connectivity index (χ1n) is 6.03. The molecule has 0 aliphatic carbocycles. The smallest absolute Gasteiger partial charge is 0.336 e. The summed E-state index contributed by atoms with van der Waals surface area (Å²) in [6, 6.07) is 3.07. The Morgan fingerprint density at radius 3 is 2.95 bits per heavy atom. The van der Waals surface area contributed by atoms with Crippen LogP contribution in [0.5, 0.6) is 0 Å². The molecule has 0 bridgehead atoms. The maximum atomic E-state index is 11.8. The number of morpholine rings is 1. The molecule has 110 valence electrons. The molecule has 1 aliphatic rings. The van der Waals surface area contributed by atoms with Crippen molar-refractivity contribution in [3.63, 3.8) is 0 Å². The number of carbonyl (C=O) groups is 1. The lowest BCUT2D eigenvalue weighted by Gasteiger charge is -2.33. The summed E-state index contributed by atoms with van der Waals surface area (Å²) in [6.45, 7) is 0.985. The highest BCUT2D eigenvalue weighted by Gasteiger charge is 2.30. The molecular formula is C12H16N2O5S. The Balaban J connectivity index is 2.30. The number of carbonyl (C=O) groups excluding carboxylic acids is 1. The van der Waals surface area contributed by atoms with Crippen molar-refractivity contribution in [3.8, 4) is 0 Å². The number of pyridine rings is 1. The number of hydrogen-bond donors (Lipinski definition) is 0. The number of ether oxygens (including phenoxy) is 2. The second-order valence-corrected chi connectivity index (χ2v) is 6.41. The zero-order chi connectivity index (χ0) is 14.8. The Labute approximate surface area is 117 Å². The third-order valence-corrected chi connectivity index (χ3v) is 4.10. The van der Waals surface area contributed by atoms with Crippen molar-refractivity contribution in [3.05, 3.63) is 18.3 Å². The highest BCUT2D eigenvalue weighted by atomic mass is 32.2. The fourth-order valence-electron chi connectivity index (χ4n) is 2.02. The molecule has 7 nitrogen and oxygen atoms in total. The number of anilines is 1. The molecule has 2 rings (SSSR count). The van der Waals surface area contributed by atoms with Crippen LogP contribution in [-0.4, -0.2) is 58.5 Å². The van der Waals surface area contributed by atoms with Gasteiger partial charge in [-0.15, -0.1) is 0 Å². The van der Waals surface area contributed by atoms with Crippen LogP contribution >= 0.6 is 0 Å². The summed E-state index contributed by atoms with van der Waals surface area (Å²) in [7, 11) is -2.10. The molecule has 0 amide bonds. The van der Waals surface area contributed by atoms with Gasteiger partial charge < -0.3 is 14.4 Å². The van der Waals surface area contributed by atoms with Gasteiger partial charge in [-0.2, -0.15) is 0 Å². The van der Waals surface area contributed by atoms with E-state index < -0.39 is 21.9 Å². The minimum absolute atomic E-state index is 0.144. The zero-order valence-corrected chi connectivity index (χ0v) is 12.1. The molecule has 1 aromatic rings. The zero-order valence-electron chi connectivity index (χ0n) is 11.3. The number of methoxy groups -OCH3 is 1. The summed E-state index contributed by atoms with van der Waals surface area (Å²) in [5.41, 5.74) is 0. The average molecular weight is 300 g/mol. The van der Waals surface area contributed by atoms with Crippen LogP contribution in [0.15, 0.2) is 23.2 Å². The van der Waals surface area contributed by atoms with Crippen molar-refractivity contribution >= 4 is 21.6 Å². The molecular weight excluding hydrogens is 284 g/mol. The van der Waals surface area contributed by atoms with E-state index in [2.05, 4.69) is 9.72 Å². The fourth-order valence-corrected chi connectivity index (χ4v) is 2.86. The minimum atomic E-state index is -3.39. The van der Waals surface area contributed by atoms with E-state index >= 15 is 0 Å². The molecule has 0 radical (unpaired) electrons. The molecule has 0 spiro atoms. The second kappa shape index (κ2) is 5.76. The summed E-state index contributed by atoms with van der Waals surface area (Å²) >= 11 is 0. The topological polar surface area (TPSA) is 85.8 Å². The van der Waals surface area contributed by atoms with Crippen LogP contribution in [-0.2, 0) is 24.1 Å². The highest BCUT2D eigenvalue weighted by molar-refractivity contribution is 7.90. The van der Waals surface area contributed by atoms with Gasteiger partial charge in [0.05, 0.1) is 20.3 Å². The summed E-state index contributed by atoms with van der Waals surface area (Å²) in [5.74, 6) is -0.140. The lowest BCUT2D eigenvalue weighted by molar-refractivity contribution is -0.154. The van der Waals surface area contributed by atoms with Gasteiger partial charge in [0, 0.05) is 19.0 Å². The lowest BCUT2D eigenvalue weighted by atomic mass is 10.2. The van der Waals surface area contributed by atoms with E-state index in [1.165, 1.54) is 19.4 Å². The lowest BCUT2D eigenvalue weighted by Crippen LogP contribution is -2.47. The summed E-state index contributed by atoms with van der Waals surface area (Å²) < 4.78 is 33.5. The van der Waals surface area contributed by atoms with Crippen LogP contribution in [0, 0.1) is 0 Å². The number of hydrogen-bond acceptors (Lipinski definition) is 7. The van der Waals surface area contributed by atoms with E-state index in [4.69, 9.17) is 4.74 Å². The molecule has 0 aromatic carbocycles. The molecule has 1 aliphatic heterocycles. The van der Waals surface area contributed by atoms with Gasteiger partial charge in [0.1, 0.15) is 10.7 Å². The molecule has 20 heavy (non-hydrogen) atoms. The minimum Gasteiger partial charge on any atom is -0.467 e. The van der Waals surface area contributed by atoms with E-state index in [1.807, 2.05) is 0 Å². The van der Waals surface area contributed by atoms with Crippen LogP contribution in [0.2, 0.25) is 0 Å². The molecule has 1 unspecified atom stereocenters. The number of sulfone groups is 1. The van der Waals surface area contributed by atoms with Crippen LogP contribution in [0.4, 0.5) is 5.82 Å². The Bertz CT molecular complexity index is 602. The van der Waals surface area contributed by atoms with E-state index in [1.54, 1.807) is 11.0 Å². The predicted molar refractivity (Wildman–Crippen MR) is 71.3 cm³/mol. The third kappa shape index (κ3) is 3.07. The number of aromatic nitrogens is 1. The van der Waals surface area contributed by atoms with Crippen molar-refractivity contribution in [1.82, 2.24) is 4.98 Å². The van der Waals surface area contributed by atoms with E-state index in [0.717, 1.165) is 6.26 Å². The van der Waals surface area contributed by atoms with Gasteiger partial charge in [0.25, 0.3) is 0 Å². The largest absolute Gasteiger partial charge is 0.467 e. The molecule has 0 N–H and O–H groups in total. The highest BCUT2D eigenvalue weighted by Crippen LogP contribution is 2.24. The second-order valence-electron chi connectivity index (χ2n) is 4.43. The maximum Gasteiger partial charge on any atom is 0.336 e. The van der Waals surface area contributed by atoms with E-state index in [-0.39, 0.29) is 11.4 Å². The Morgan fingerprint density at radius 1 is 1.55 bits per heavy atom. The van der Waals surface area contributed by atoms with Gasteiger partial charge in [-0.25, -0.2) is 18.2 Å². The van der Waals surface area contributed by atoms with Gasteiger partial charge in [-0.1, -0.05) is 0 Å². The first-order chi connectivity index (χ1) is 9.43. The first kappa shape index (κ1) is 14.7. The molecule has 1 saturated heterocycles. The molecule has 1 aromatic heterocycles. The summed E-state index contributed by atoms with van der Waals surface area (Å²) in [4.78, 5) is 17.5. The molecule has 8 heteroatoms. The van der Waals surface area contributed by atoms with Crippen LogP contribution in [0.3, 0.4) is 0 Å². The van der Waals surface area contributed by atoms with Crippen LogP contribution in [0.1, 0.15) is 0 Å². The standard InChI is InChI=1S/C12H16N2O5S/c1-18-12(15)9-8-14(6-7-19-9)11-10(20(2,16)17)4-3-5-13-11/h3-5,9H,6-8H2,1-2H3. The quantitative estimate of drug-likeness (QED) is 0.718. The van der Waals surface area contributed by atoms with Crippen molar-refractivity contribution in [1.29, 1.82) is 0 Å². The maximum absolute atomic E-state index is 11.8. The van der Waals surface area contributed by atoms with Crippen molar-refractivity contribution < 1.29 is 22.7 Å². The van der Waals surface area contributed by atoms with Gasteiger partial charge >= 0.3 is 5.97 Å². The average Bonchev–Trinajstić information content (AvgIpc) is 2.45. The van der Waals surface area contributed by atoms with Gasteiger partial charge in [-0.05, 0) is 12.1 Å². The molecule has 2 heterocycles. The summed E-state index contributed by atoms with van der Waals surface area (Å²) in [5, 5.41) is 0. The first-order valence-corrected chi connectivity index (χ1v) is 7.92. The Kier molecular flexibility index (Phi) is 4.24. The number of nitrogens with zero attached hydrogens (tertiary/aromatic N) is 2. The molecule has 1 atom stereocenters. The van der Waals surface area contributed by atoms with Gasteiger partial charge in [-0.3, -0.25) is 0 Å². The van der Waals surface area contributed by atoms with E-state index in [0.29, 0.717) is 19.0 Å². The van der Waals surface area contributed by atoms with Gasteiger partial charge in [0.2, 0.25) is 0 Å². The Hall–Kier alpha value is -1.67. The van der Waals surface area contributed by atoms with Gasteiger partial charge in [0.15, 0.2) is 15.9 Å². The molecule has 0 saturated carbocycles. The molecule has 1 fully saturated rings. The van der Waals surface area contributed by atoms with Crippen LogP contribution in [0.25, 0.3) is 0 Å². The van der Waals surface area contributed by atoms with Crippen molar-refractivity contribution in [2.24, 2.45) is 0 Å². The summed E-state index contributed by atoms with van der Waals surface area (Å²) in [6.07, 6.45) is 1.92. The number of rotatable bonds is 3. The fraction of sp³-hybridized carbons (Fsp3) is 0.500. The van der Waals surface area contributed by atoms with Crippen molar-refractivity contribution in [2.45, 2.75) is 11.0 Å². The third-order valence-electron chi connectivity index (χ3n) is 2.98. The van der Waals surface area contributed by atoms with Crippen LogP contribution < -0.4 is 4.90 Å². The Morgan fingerprint density at radius 2 is 2.30 bits per heavy atom. The van der Waals surface area contributed by atoms with E-state index in [9.17, 15) is 13.2 Å². The van der Waals surface area contributed by atoms with Crippen molar-refractivity contribution in [2.75, 3.05) is 38.0 Å². The predicted octanol–water partition coefficient (Wildman–Crippen LogP) is -0.137. The number of esters is 1.